The number of sulfonamides is 1. The van der Waals surface area contributed by atoms with E-state index in [0.717, 1.165) is 0 Å². The molecular weight excluding hydrogens is 360 g/mol. The van der Waals surface area contributed by atoms with Crippen molar-refractivity contribution in [3.63, 3.8) is 0 Å². The van der Waals surface area contributed by atoms with Gasteiger partial charge < -0.3 is 15.0 Å². The highest BCUT2D eigenvalue weighted by atomic mass is 32.2. The number of para-hydroxylation sites is 1. The largest absolute Gasteiger partial charge is 0.481 e. The zero-order valence-electron chi connectivity index (χ0n) is 14.4. The van der Waals surface area contributed by atoms with Crippen LogP contribution in [0.4, 0.5) is 5.69 Å². The Morgan fingerprint density at radius 3 is 2.58 bits per heavy atom. The molecule has 1 aromatic heterocycles. The van der Waals surface area contributed by atoms with Crippen LogP contribution >= 0.6 is 0 Å². The number of nitrogens with zero attached hydrogens (tertiary/aromatic N) is 2. The topological polar surface area (TPSA) is 130 Å². The van der Waals surface area contributed by atoms with E-state index in [2.05, 4.69) is 15.0 Å². The molecule has 0 aliphatic carbocycles. The molecule has 0 saturated heterocycles. The number of aliphatic carboxylic acids is 1. The van der Waals surface area contributed by atoms with Crippen LogP contribution in [0.5, 0.6) is 0 Å². The van der Waals surface area contributed by atoms with Crippen molar-refractivity contribution in [2.75, 3.05) is 11.9 Å². The summed E-state index contributed by atoms with van der Waals surface area (Å²) in [4.78, 5) is 26.8. The monoisotopic (exact) mass is 380 g/mol. The second-order valence-corrected chi connectivity index (χ2v) is 7.37. The van der Waals surface area contributed by atoms with E-state index in [9.17, 15) is 18.0 Å². The molecule has 0 aliphatic rings. The molecule has 0 fully saturated rings. The number of nitrogens with one attached hydrogen (secondary N) is 2. The maximum atomic E-state index is 12.1. The molecule has 0 unspecified atom stereocenters. The van der Waals surface area contributed by atoms with Gasteiger partial charge in [-0.3, -0.25) is 9.59 Å². The summed E-state index contributed by atoms with van der Waals surface area (Å²) in [6.07, 6.45) is 1.06. The van der Waals surface area contributed by atoms with E-state index in [1.807, 2.05) is 0 Å². The summed E-state index contributed by atoms with van der Waals surface area (Å²) in [6, 6.07) is 6.55. The quantitative estimate of drug-likeness (QED) is 0.617. The highest BCUT2D eigenvalue weighted by Gasteiger charge is 2.18. The molecule has 1 aromatic carbocycles. The van der Waals surface area contributed by atoms with Crippen molar-refractivity contribution in [2.24, 2.45) is 7.05 Å². The molecule has 0 aliphatic heterocycles. The van der Waals surface area contributed by atoms with Crippen LogP contribution in [-0.4, -0.2) is 41.5 Å². The van der Waals surface area contributed by atoms with Crippen LogP contribution in [0.3, 0.4) is 0 Å². The number of hydrogen-bond acceptors (Lipinski definition) is 5. The predicted octanol–water partition coefficient (Wildman–Crippen LogP) is 0.663. The zero-order chi connectivity index (χ0) is 19.3. The lowest BCUT2D eigenvalue weighted by atomic mass is 10.1. The van der Waals surface area contributed by atoms with Crippen molar-refractivity contribution < 1.29 is 23.1 Å². The molecule has 0 saturated carbocycles. The van der Waals surface area contributed by atoms with Gasteiger partial charge in [-0.1, -0.05) is 18.2 Å². The minimum absolute atomic E-state index is 0.105. The lowest BCUT2D eigenvalue weighted by Crippen LogP contribution is -2.28. The summed E-state index contributed by atoms with van der Waals surface area (Å²) in [6.45, 7) is 1.58. The molecule has 3 N–H and O–H groups in total. The summed E-state index contributed by atoms with van der Waals surface area (Å²) in [5.41, 5.74) is 0.862. The summed E-state index contributed by atoms with van der Waals surface area (Å²) in [5, 5.41) is 11.4. The summed E-state index contributed by atoms with van der Waals surface area (Å²) >= 11 is 0. The predicted molar refractivity (Wildman–Crippen MR) is 94.2 cm³/mol. The number of imidazole rings is 1. The van der Waals surface area contributed by atoms with E-state index in [0.29, 0.717) is 17.1 Å². The average molecular weight is 380 g/mol. The van der Waals surface area contributed by atoms with Gasteiger partial charge in [0, 0.05) is 31.9 Å². The van der Waals surface area contributed by atoms with E-state index in [-0.39, 0.29) is 24.4 Å². The van der Waals surface area contributed by atoms with Crippen molar-refractivity contribution in [1.82, 2.24) is 14.3 Å². The molecule has 140 valence electrons. The van der Waals surface area contributed by atoms with Crippen LogP contribution in [0, 0.1) is 6.92 Å². The number of carboxylic acid groups (broad SMARTS) is 1. The Bertz CT molecular complexity index is 901. The van der Waals surface area contributed by atoms with Gasteiger partial charge in [-0.2, -0.15) is 0 Å². The fraction of sp³-hybridized carbons (Fsp3) is 0.312. The van der Waals surface area contributed by atoms with Gasteiger partial charge in [0.15, 0.2) is 5.03 Å². The zero-order valence-corrected chi connectivity index (χ0v) is 15.2. The van der Waals surface area contributed by atoms with Gasteiger partial charge in [0.2, 0.25) is 5.91 Å². The molecule has 2 rings (SSSR count). The number of carboxylic acids is 1. The molecule has 0 bridgehead atoms. The highest BCUT2D eigenvalue weighted by molar-refractivity contribution is 7.89. The minimum Gasteiger partial charge on any atom is -0.481 e. The first-order chi connectivity index (χ1) is 12.2. The third-order valence-corrected chi connectivity index (χ3v) is 4.97. The molecule has 26 heavy (non-hydrogen) atoms. The third kappa shape index (κ3) is 5.14. The molecule has 0 spiro atoms. The van der Waals surface area contributed by atoms with Crippen molar-refractivity contribution in [3.8, 4) is 0 Å². The van der Waals surface area contributed by atoms with Crippen molar-refractivity contribution in [3.05, 3.63) is 41.9 Å². The molecule has 1 amide bonds. The molecule has 1 heterocycles. The molecular formula is C16H20N4O5S. The minimum atomic E-state index is -3.79. The maximum Gasteiger partial charge on any atom is 0.307 e. The van der Waals surface area contributed by atoms with Crippen molar-refractivity contribution >= 4 is 27.6 Å². The van der Waals surface area contributed by atoms with Crippen LogP contribution < -0.4 is 10.0 Å². The van der Waals surface area contributed by atoms with Gasteiger partial charge in [-0.05, 0) is 18.6 Å². The molecule has 10 heteroatoms. The second kappa shape index (κ2) is 8.11. The van der Waals surface area contributed by atoms with Crippen LogP contribution in [-0.2, 0) is 33.1 Å². The van der Waals surface area contributed by atoms with Crippen LogP contribution in [0.15, 0.2) is 35.5 Å². The highest BCUT2D eigenvalue weighted by Crippen LogP contribution is 2.16. The standard InChI is InChI=1S/C16H20N4O5S/c1-11-18-15(10-20(11)2)26(24,25)17-8-7-14(21)19-13-6-4-3-5-12(13)9-16(22)23/h3-6,10,17H,7-9H2,1-2H3,(H,19,21)(H,22,23). The lowest BCUT2D eigenvalue weighted by Gasteiger charge is -2.10. The van der Waals surface area contributed by atoms with Gasteiger partial charge in [0.25, 0.3) is 10.0 Å². The number of aryl methyl sites for hydroxylation is 2. The van der Waals surface area contributed by atoms with Crippen LogP contribution in [0.25, 0.3) is 0 Å². The van der Waals surface area contributed by atoms with E-state index in [1.54, 1.807) is 42.8 Å². The molecule has 2 aromatic rings. The Kier molecular flexibility index (Phi) is 6.11. The Morgan fingerprint density at radius 2 is 1.96 bits per heavy atom. The second-order valence-electron chi connectivity index (χ2n) is 5.66. The normalized spacial score (nSPS) is 11.3. The first-order valence-electron chi connectivity index (χ1n) is 7.78. The Hall–Kier alpha value is -2.72. The maximum absolute atomic E-state index is 12.1. The van der Waals surface area contributed by atoms with E-state index < -0.39 is 21.9 Å². The summed E-state index contributed by atoms with van der Waals surface area (Å²) < 4.78 is 28.2. The number of rotatable bonds is 8. The fourth-order valence-corrected chi connectivity index (χ4v) is 3.27. The van der Waals surface area contributed by atoms with E-state index in [4.69, 9.17) is 5.11 Å². The smallest absolute Gasteiger partial charge is 0.307 e. The number of anilines is 1. The van der Waals surface area contributed by atoms with Gasteiger partial charge in [-0.15, -0.1) is 0 Å². The van der Waals surface area contributed by atoms with Crippen LogP contribution in [0.1, 0.15) is 17.8 Å². The SMILES string of the molecule is Cc1nc(S(=O)(=O)NCCC(=O)Nc2ccccc2CC(=O)O)cn1C. The third-order valence-electron chi connectivity index (χ3n) is 3.64. The van der Waals surface area contributed by atoms with Crippen molar-refractivity contribution in [2.45, 2.75) is 24.8 Å². The Balaban J connectivity index is 1.92. The van der Waals surface area contributed by atoms with Crippen molar-refractivity contribution in [1.29, 1.82) is 0 Å². The summed E-state index contributed by atoms with van der Waals surface area (Å²) in [5.74, 6) is -0.883. The van der Waals surface area contributed by atoms with Gasteiger partial charge in [0.1, 0.15) is 5.82 Å². The number of aromatic nitrogens is 2. The average Bonchev–Trinajstić information content (AvgIpc) is 2.89. The molecule has 0 atom stereocenters. The Labute approximate surface area is 151 Å². The van der Waals surface area contributed by atoms with Gasteiger partial charge >= 0.3 is 5.97 Å². The molecule has 0 radical (unpaired) electrons. The number of carbonyl (C=O) groups is 2. The number of carbonyl (C=O) groups excluding carboxylic acids is 1. The summed E-state index contributed by atoms with van der Waals surface area (Å²) in [7, 11) is -2.11. The van der Waals surface area contributed by atoms with Gasteiger partial charge in [-0.25, -0.2) is 18.1 Å². The number of benzene rings is 1. The Morgan fingerprint density at radius 1 is 1.27 bits per heavy atom. The van der Waals surface area contributed by atoms with E-state index >= 15 is 0 Å². The van der Waals surface area contributed by atoms with Gasteiger partial charge in [0.05, 0.1) is 6.42 Å². The lowest BCUT2D eigenvalue weighted by molar-refractivity contribution is -0.136. The first-order valence-corrected chi connectivity index (χ1v) is 9.26. The fourth-order valence-electron chi connectivity index (χ4n) is 2.20. The van der Waals surface area contributed by atoms with Crippen LogP contribution in [0.2, 0.25) is 0 Å². The molecule has 9 nitrogen and oxygen atoms in total. The number of amides is 1. The first kappa shape index (κ1) is 19.6. The number of hydrogen-bond donors (Lipinski definition) is 3. The van der Waals surface area contributed by atoms with E-state index in [1.165, 1.54) is 6.20 Å².